The number of nitrogens with one attached hydrogen (secondary N) is 2. The van der Waals surface area contributed by atoms with E-state index in [0.29, 0.717) is 10.6 Å². The minimum absolute atomic E-state index is 0.130. The molecule has 0 unspecified atom stereocenters. The normalized spacial score (nSPS) is 11.6. The first-order valence-electron chi connectivity index (χ1n) is 8.01. The first kappa shape index (κ1) is 17.8. The maximum Gasteiger partial charge on any atom is 0.288 e. The number of carbonyl (C=O) groups is 2. The molecule has 0 saturated heterocycles. The Balaban J connectivity index is 1.87. The number of ketones is 1. The van der Waals surface area contributed by atoms with Gasteiger partial charge >= 0.3 is 0 Å². The van der Waals surface area contributed by atoms with Gasteiger partial charge in [0.1, 0.15) is 0 Å². The maximum absolute atomic E-state index is 12.9. The van der Waals surface area contributed by atoms with Gasteiger partial charge < -0.3 is 15.1 Å². The Bertz CT molecular complexity index is 905. The van der Waals surface area contributed by atoms with Gasteiger partial charge in [0.2, 0.25) is 5.78 Å². The molecule has 6 heteroatoms. The molecular weight excluding hydrogens is 352 g/mol. The van der Waals surface area contributed by atoms with E-state index in [1.165, 1.54) is 12.3 Å². The molecule has 5 nitrogen and oxygen atoms in total. The number of benzene rings is 2. The number of anilines is 1. The second kappa shape index (κ2) is 7.89. The summed E-state index contributed by atoms with van der Waals surface area (Å²) < 4.78 is 5.10. The highest BCUT2D eigenvalue weighted by Gasteiger charge is 2.24. The Kier molecular flexibility index (Phi) is 5.39. The van der Waals surface area contributed by atoms with Gasteiger partial charge in [-0.2, -0.15) is 0 Å². The highest BCUT2D eigenvalue weighted by atomic mass is 35.5. The van der Waals surface area contributed by atoms with E-state index in [0.717, 1.165) is 11.3 Å². The zero-order chi connectivity index (χ0) is 18.5. The number of carbonyl (C=O) groups excluding carboxylic acids is 2. The van der Waals surface area contributed by atoms with Crippen LogP contribution in [0, 0.1) is 6.92 Å². The van der Waals surface area contributed by atoms with Crippen LogP contribution in [0.5, 0.6) is 0 Å². The fourth-order valence-corrected chi connectivity index (χ4v) is 2.57. The van der Waals surface area contributed by atoms with Crippen LogP contribution in [0.2, 0.25) is 5.02 Å². The topological polar surface area (TPSA) is 71.3 Å². The van der Waals surface area contributed by atoms with Crippen molar-refractivity contribution in [2.75, 3.05) is 5.32 Å². The number of hydrogen-bond donors (Lipinski definition) is 2. The van der Waals surface area contributed by atoms with E-state index in [1.807, 2.05) is 31.2 Å². The first-order chi connectivity index (χ1) is 12.5. The molecule has 3 rings (SSSR count). The average molecular weight is 369 g/mol. The van der Waals surface area contributed by atoms with Gasteiger partial charge in [-0.1, -0.05) is 29.8 Å². The molecular formula is C20H17ClN2O3. The fraction of sp³-hybridized carbons (Fsp3) is 0.100. The Morgan fingerprint density at radius 1 is 1.00 bits per heavy atom. The van der Waals surface area contributed by atoms with Crippen LogP contribution in [0.1, 0.15) is 26.5 Å². The third-order valence-corrected chi connectivity index (χ3v) is 4.11. The predicted molar refractivity (Wildman–Crippen MR) is 101 cm³/mol. The van der Waals surface area contributed by atoms with Gasteiger partial charge in [0.05, 0.1) is 6.26 Å². The van der Waals surface area contributed by atoms with Gasteiger partial charge in [-0.3, -0.25) is 9.59 Å². The summed E-state index contributed by atoms with van der Waals surface area (Å²) >= 11 is 5.89. The van der Waals surface area contributed by atoms with E-state index in [9.17, 15) is 9.59 Å². The van der Waals surface area contributed by atoms with Crippen molar-refractivity contribution in [1.82, 2.24) is 5.32 Å². The number of halogens is 1. The van der Waals surface area contributed by atoms with Crippen molar-refractivity contribution in [3.8, 4) is 0 Å². The van der Waals surface area contributed by atoms with Gasteiger partial charge in [0.25, 0.3) is 5.91 Å². The summed E-state index contributed by atoms with van der Waals surface area (Å²) in [4.78, 5) is 25.3. The summed E-state index contributed by atoms with van der Waals surface area (Å²) in [6.07, 6.45) is 0.439. The molecule has 1 amide bonds. The molecule has 0 aliphatic carbocycles. The standard InChI is InChI=1S/C20H17ClN2O3/c1-13-5-2-3-6-16(13)22-19(23-20(25)17-7-4-12-26-17)18(24)14-8-10-15(21)11-9-14/h2-12,19,22H,1H3,(H,23,25)/t19-/m1/s1. The van der Waals surface area contributed by atoms with E-state index < -0.39 is 12.1 Å². The predicted octanol–water partition coefficient (Wildman–Crippen LogP) is 4.29. The molecule has 0 saturated carbocycles. The molecule has 3 aromatic rings. The van der Waals surface area contributed by atoms with Crippen LogP contribution in [0.4, 0.5) is 5.69 Å². The van der Waals surface area contributed by atoms with Crippen molar-refractivity contribution in [1.29, 1.82) is 0 Å². The van der Waals surface area contributed by atoms with Crippen molar-refractivity contribution in [2.24, 2.45) is 0 Å². The van der Waals surface area contributed by atoms with Gasteiger partial charge in [0, 0.05) is 16.3 Å². The zero-order valence-corrected chi connectivity index (χ0v) is 14.8. The molecule has 0 aliphatic rings. The summed E-state index contributed by atoms with van der Waals surface area (Å²) in [5.41, 5.74) is 2.13. The van der Waals surface area contributed by atoms with Crippen molar-refractivity contribution in [3.63, 3.8) is 0 Å². The van der Waals surface area contributed by atoms with E-state index >= 15 is 0 Å². The molecule has 0 aliphatic heterocycles. The SMILES string of the molecule is Cc1ccccc1N[C@H](NC(=O)c1ccco1)C(=O)c1ccc(Cl)cc1. The second-order valence-corrected chi connectivity index (χ2v) is 6.15. The summed E-state index contributed by atoms with van der Waals surface area (Å²) in [7, 11) is 0. The van der Waals surface area contributed by atoms with E-state index in [4.69, 9.17) is 16.0 Å². The Labute approximate surface area is 156 Å². The van der Waals surface area contributed by atoms with E-state index in [2.05, 4.69) is 10.6 Å². The van der Waals surface area contributed by atoms with Gasteiger partial charge in [-0.05, 0) is 55.0 Å². The van der Waals surface area contributed by atoms with E-state index in [-0.39, 0.29) is 11.5 Å². The average Bonchev–Trinajstić information content (AvgIpc) is 3.18. The Hall–Kier alpha value is -3.05. The number of para-hydroxylation sites is 1. The summed E-state index contributed by atoms with van der Waals surface area (Å²) in [6.45, 7) is 1.92. The minimum atomic E-state index is -0.963. The number of Topliss-reactive ketones (excluding diaryl/α,β-unsaturated/α-hetero) is 1. The van der Waals surface area contributed by atoms with Crippen molar-refractivity contribution in [2.45, 2.75) is 13.1 Å². The van der Waals surface area contributed by atoms with Crippen LogP contribution in [-0.2, 0) is 0 Å². The highest BCUT2D eigenvalue weighted by Crippen LogP contribution is 2.17. The molecule has 26 heavy (non-hydrogen) atoms. The lowest BCUT2D eigenvalue weighted by Crippen LogP contribution is -2.46. The molecule has 0 radical (unpaired) electrons. The van der Waals surface area contributed by atoms with Crippen LogP contribution >= 0.6 is 11.6 Å². The molecule has 132 valence electrons. The Morgan fingerprint density at radius 2 is 1.73 bits per heavy atom. The largest absolute Gasteiger partial charge is 0.459 e. The zero-order valence-electron chi connectivity index (χ0n) is 14.0. The number of hydrogen-bond acceptors (Lipinski definition) is 4. The molecule has 2 N–H and O–H groups in total. The highest BCUT2D eigenvalue weighted by molar-refractivity contribution is 6.30. The first-order valence-corrected chi connectivity index (χ1v) is 8.39. The lowest BCUT2D eigenvalue weighted by Gasteiger charge is -2.21. The molecule has 1 atom stereocenters. The van der Waals surface area contributed by atoms with Crippen LogP contribution in [0.3, 0.4) is 0 Å². The molecule has 1 aromatic heterocycles. The third-order valence-electron chi connectivity index (χ3n) is 3.86. The summed E-state index contributed by atoms with van der Waals surface area (Å²) in [5.74, 6) is -0.640. The van der Waals surface area contributed by atoms with Gasteiger partial charge in [0.15, 0.2) is 11.9 Å². The molecule has 2 aromatic carbocycles. The van der Waals surface area contributed by atoms with Crippen molar-refractivity contribution >= 4 is 29.0 Å². The summed E-state index contributed by atoms with van der Waals surface area (Å²) in [6, 6.07) is 17.2. The van der Waals surface area contributed by atoms with Crippen LogP contribution in [0.25, 0.3) is 0 Å². The third kappa shape index (κ3) is 4.13. The fourth-order valence-electron chi connectivity index (χ4n) is 2.45. The second-order valence-electron chi connectivity index (χ2n) is 5.71. The van der Waals surface area contributed by atoms with Crippen LogP contribution in [-0.4, -0.2) is 17.9 Å². The molecule has 0 spiro atoms. The number of furan rings is 1. The minimum Gasteiger partial charge on any atom is -0.459 e. The monoisotopic (exact) mass is 368 g/mol. The van der Waals surface area contributed by atoms with Crippen LogP contribution in [0.15, 0.2) is 71.3 Å². The molecule has 0 fully saturated rings. The Morgan fingerprint density at radius 3 is 2.38 bits per heavy atom. The quantitative estimate of drug-likeness (QED) is 0.503. The lowest BCUT2D eigenvalue weighted by molar-refractivity contribution is 0.0852. The van der Waals surface area contributed by atoms with E-state index in [1.54, 1.807) is 30.3 Å². The lowest BCUT2D eigenvalue weighted by atomic mass is 10.1. The molecule has 0 bridgehead atoms. The smallest absolute Gasteiger partial charge is 0.288 e. The van der Waals surface area contributed by atoms with Crippen LogP contribution < -0.4 is 10.6 Å². The van der Waals surface area contributed by atoms with Gasteiger partial charge in [-0.25, -0.2) is 0 Å². The van der Waals surface area contributed by atoms with Crippen molar-refractivity contribution in [3.05, 3.63) is 88.8 Å². The van der Waals surface area contributed by atoms with Gasteiger partial charge in [-0.15, -0.1) is 0 Å². The number of rotatable bonds is 6. The number of amides is 1. The molecule has 1 heterocycles. The number of aryl methyl sites for hydroxylation is 1. The van der Waals surface area contributed by atoms with Crippen molar-refractivity contribution < 1.29 is 14.0 Å². The summed E-state index contributed by atoms with van der Waals surface area (Å²) in [5, 5.41) is 6.31. The maximum atomic E-state index is 12.9.